The molecule has 3 N–H and O–H groups in total. The van der Waals surface area contributed by atoms with Crippen LogP contribution in [0.3, 0.4) is 0 Å². The first-order chi connectivity index (χ1) is 43.6. The van der Waals surface area contributed by atoms with Crippen LogP contribution in [0.5, 0.6) is 0 Å². The molecule has 1 saturated carbocycles. The molecule has 2 rings (SSSR count). The Balaban J connectivity index is 0.00000225. The number of allylic oxidation sites excluding steroid dienone is 14. The van der Waals surface area contributed by atoms with E-state index in [9.17, 15) is 48.6 Å². The number of Topliss-reactive ketones (excluding diaryl/α,β-unsaturated/α-hetero) is 1. The molecule has 1 heterocycles. The first-order valence-electron chi connectivity index (χ1n) is 35.4. The number of carbonyl (C=O) groups is 7. The average Bonchev–Trinajstić information content (AvgIpc) is 2.39. The van der Waals surface area contributed by atoms with Crippen LogP contribution in [0, 0.1) is 41.4 Å². The van der Waals surface area contributed by atoms with Crippen molar-refractivity contribution in [3.8, 4) is 0 Å². The number of hydrogen-bond acceptors (Lipinski definition) is 11. The van der Waals surface area contributed by atoms with Crippen molar-refractivity contribution < 1.29 is 87.7 Å². The van der Waals surface area contributed by atoms with E-state index in [1.54, 1.807) is 12.4 Å². The zero-order valence-electron chi connectivity index (χ0n) is 56.8. The number of carbonyl (C=O) groups excluding carboxylic acids is 5. The molecule has 2 fully saturated rings. The molecule has 0 aromatic carbocycles. The number of ketones is 1. The fourth-order valence-electron chi connectivity index (χ4n) is 11.3. The number of aliphatic carboxylic acids is 3. The molecule has 91 heavy (non-hydrogen) atoms. The zero-order valence-corrected chi connectivity index (χ0v) is 59.3. The normalized spacial score (nSPS) is 16.5. The third kappa shape index (κ3) is 46.7. The molecule has 0 aromatic rings. The minimum absolute atomic E-state index is 0. The van der Waals surface area contributed by atoms with Crippen LogP contribution in [-0.4, -0.2) is 75.9 Å². The number of carboxylic acid groups (broad SMARTS) is 3. The van der Waals surface area contributed by atoms with Crippen LogP contribution in [0.25, 0.3) is 0 Å². The molecule has 0 aromatic heterocycles. The van der Waals surface area contributed by atoms with Crippen LogP contribution in [0.15, 0.2) is 84.7 Å². The van der Waals surface area contributed by atoms with Gasteiger partial charge in [-0.05, 0) is 133 Å². The SMILES string of the molecule is CC/C=C(/CCCCCCC/C=C\C/C=C\C=C\C(CC)C(CC(=O)O)C(=O)O)OCC(CC)OC(=O)CCCCCC/C=C/C(CCCCCCCC)C1CC(=O)OC1=O.CCCCCC(/C=C/C=C\CCCCCCCC(=O)C1CC1)C(C[C-]=O)C(=O)O.[Os+]. The maximum atomic E-state index is 12.6. The average molecular weight is 1450 g/mol. The van der Waals surface area contributed by atoms with E-state index in [1.807, 2.05) is 50.3 Å². The molecule has 2 aliphatic rings. The van der Waals surface area contributed by atoms with Crippen LogP contribution in [0.2, 0.25) is 0 Å². The van der Waals surface area contributed by atoms with Gasteiger partial charge in [0.2, 0.25) is 0 Å². The minimum Gasteiger partial charge on any atom is -0.542 e. The van der Waals surface area contributed by atoms with E-state index in [0.29, 0.717) is 37.6 Å². The molecule has 0 spiro atoms. The summed E-state index contributed by atoms with van der Waals surface area (Å²) in [7, 11) is 0. The second-order valence-corrected chi connectivity index (χ2v) is 24.9. The van der Waals surface area contributed by atoms with Crippen LogP contribution >= 0.6 is 0 Å². The predicted molar refractivity (Wildman–Crippen MR) is 361 cm³/mol. The number of carboxylic acids is 3. The van der Waals surface area contributed by atoms with Gasteiger partial charge in [0.1, 0.15) is 18.5 Å². The topological polar surface area (TPSA) is 225 Å². The molecular formula is C76H121O14Os. The minimum atomic E-state index is -1.10. The van der Waals surface area contributed by atoms with Gasteiger partial charge in [-0.1, -0.05) is 217 Å². The Labute approximate surface area is 562 Å². The summed E-state index contributed by atoms with van der Waals surface area (Å²) in [4.78, 5) is 92.9. The van der Waals surface area contributed by atoms with Crippen LogP contribution in [-0.2, 0) is 72.4 Å². The van der Waals surface area contributed by atoms with E-state index in [-0.39, 0.29) is 80.8 Å². The fourth-order valence-corrected chi connectivity index (χ4v) is 11.3. The third-order valence-corrected chi connectivity index (χ3v) is 17.1. The first-order valence-corrected chi connectivity index (χ1v) is 35.4. The summed E-state index contributed by atoms with van der Waals surface area (Å²) in [5, 5.41) is 27.8. The Morgan fingerprint density at radius 1 is 0.582 bits per heavy atom. The summed E-state index contributed by atoms with van der Waals surface area (Å²) < 4.78 is 16.8. The van der Waals surface area contributed by atoms with Crippen molar-refractivity contribution in [3.63, 3.8) is 0 Å². The van der Waals surface area contributed by atoms with Gasteiger partial charge in [-0.3, -0.25) is 39.8 Å². The summed E-state index contributed by atoms with van der Waals surface area (Å²) in [5.41, 5.74) is 0. The van der Waals surface area contributed by atoms with Crippen molar-refractivity contribution in [2.24, 2.45) is 41.4 Å². The summed E-state index contributed by atoms with van der Waals surface area (Å²) in [6.07, 6.45) is 64.9. The monoisotopic (exact) mass is 1450 g/mol. The molecule has 1 saturated heterocycles. The van der Waals surface area contributed by atoms with Gasteiger partial charge < -0.3 is 34.3 Å². The first kappa shape index (κ1) is 86.0. The number of cyclic esters (lactones) is 2. The number of rotatable bonds is 58. The number of ether oxygens (including phenoxy) is 3. The van der Waals surface area contributed by atoms with Gasteiger partial charge in [-0.25, -0.2) is 0 Å². The van der Waals surface area contributed by atoms with E-state index in [1.165, 1.54) is 51.4 Å². The molecule has 14 nitrogen and oxygen atoms in total. The largest absolute Gasteiger partial charge is 1.00 e. The van der Waals surface area contributed by atoms with Crippen molar-refractivity contribution in [2.45, 2.75) is 298 Å². The van der Waals surface area contributed by atoms with E-state index in [0.717, 1.165) is 173 Å². The fraction of sp³-hybridized carbons (Fsp3) is 0.711. The molecule has 7 unspecified atom stereocenters. The molecule has 0 amide bonds. The third-order valence-electron chi connectivity index (χ3n) is 17.1. The molecular weight excluding hydrogens is 1330 g/mol. The van der Waals surface area contributed by atoms with E-state index in [2.05, 4.69) is 57.2 Å². The Kier molecular flexibility index (Phi) is 55.5. The van der Waals surface area contributed by atoms with Crippen molar-refractivity contribution in [1.29, 1.82) is 0 Å². The van der Waals surface area contributed by atoms with E-state index >= 15 is 0 Å². The summed E-state index contributed by atoms with van der Waals surface area (Å²) in [6.45, 7) is 10.7. The van der Waals surface area contributed by atoms with Crippen molar-refractivity contribution in [2.75, 3.05) is 6.61 Å². The van der Waals surface area contributed by atoms with Gasteiger partial charge in [-0.2, -0.15) is 0 Å². The Bertz CT molecular complexity index is 2190. The zero-order chi connectivity index (χ0) is 66.2. The molecule has 517 valence electrons. The quantitative estimate of drug-likeness (QED) is 0.00980. The molecule has 7 atom stereocenters. The van der Waals surface area contributed by atoms with Gasteiger partial charge in [0.15, 0.2) is 0 Å². The Morgan fingerprint density at radius 2 is 1.13 bits per heavy atom. The van der Waals surface area contributed by atoms with Gasteiger partial charge in [0, 0.05) is 31.1 Å². The van der Waals surface area contributed by atoms with Gasteiger partial charge in [-0.15, -0.1) is 6.42 Å². The van der Waals surface area contributed by atoms with Crippen molar-refractivity contribution in [1.82, 2.24) is 0 Å². The Hall–Kier alpha value is -5.02. The summed E-state index contributed by atoms with van der Waals surface area (Å²) in [5.74, 6) is -4.51. The number of esters is 3. The van der Waals surface area contributed by atoms with Crippen molar-refractivity contribution in [3.05, 3.63) is 84.7 Å². The van der Waals surface area contributed by atoms with Gasteiger partial charge in [0.25, 0.3) is 0 Å². The standard InChI is InChI=1S/C51H82O10.C25H39O4.Os/c1-5-9-10-11-22-28-34-42(46-39-49(55)61-51(46)58)35-29-24-20-21-26-31-37-48(54)60-43(8-4)40-59-44(32-6-2)36-30-25-19-17-15-13-12-14-16-18-23-27-33-41(7-3)45(50(56)57)38-47(52)53;1-2-3-11-14-21(23(19-20-26)25(28)29)15-12-9-7-5-4-6-8-10-13-16-24(27)22-17-18-22;/h12,14,18,23,27,29,32-33,35,41-43,45-46H,5-11,13,15-17,19-22,24-26,28,30-31,34,36-40H2,1-4H3,(H,52,53)(H,56,57);7,9,12,15,21-23H,2-6,8,10-11,13-14,16-19H2,1H3,(H,28,29);/q;-1;+1/b14-12-,23-18-,33-27+,35-29+,44-32-;9-7-,15-12+;. The number of unbranched alkanes of at least 4 members (excludes halogenated alkanes) is 21. The molecule has 1 aliphatic heterocycles. The van der Waals surface area contributed by atoms with Crippen LogP contribution in [0.4, 0.5) is 0 Å². The van der Waals surface area contributed by atoms with Crippen LogP contribution in [0.1, 0.15) is 291 Å². The molecule has 0 bridgehead atoms. The van der Waals surface area contributed by atoms with Gasteiger partial charge in [0.05, 0.1) is 30.4 Å². The maximum Gasteiger partial charge on any atom is 1.00 e. The second-order valence-electron chi connectivity index (χ2n) is 24.9. The Morgan fingerprint density at radius 3 is 1.70 bits per heavy atom. The summed E-state index contributed by atoms with van der Waals surface area (Å²) in [6, 6.07) is 0. The maximum absolute atomic E-state index is 12.6. The molecule has 15 heteroatoms. The van der Waals surface area contributed by atoms with Crippen molar-refractivity contribution >= 4 is 47.9 Å². The van der Waals surface area contributed by atoms with Crippen LogP contribution < -0.4 is 0 Å². The van der Waals surface area contributed by atoms with Gasteiger partial charge >= 0.3 is 55.6 Å². The summed E-state index contributed by atoms with van der Waals surface area (Å²) >= 11 is 0. The smallest absolute Gasteiger partial charge is 0.542 e. The second kappa shape index (κ2) is 58.8. The number of hydrogen-bond donors (Lipinski definition) is 3. The van der Waals surface area contributed by atoms with E-state index in [4.69, 9.17) is 19.3 Å². The molecule has 1 radical (unpaired) electrons. The van der Waals surface area contributed by atoms with E-state index < -0.39 is 35.7 Å². The predicted octanol–water partition coefficient (Wildman–Crippen LogP) is 19.2. The molecule has 1 aliphatic carbocycles.